The third-order valence-electron chi connectivity index (χ3n) is 2.25. The second kappa shape index (κ2) is 5.33. The van der Waals surface area contributed by atoms with Crippen LogP contribution in [0, 0.1) is 5.41 Å². The number of hydrogen-bond acceptors (Lipinski definition) is 4. The Hall–Kier alpha value is -0.330. The van der Waals surface area contributed by atoms with E-state index in [2.05, 4.69) is 10.0 Å². The smallest absolute Gasteiger partial charge is 0.140 e. The molecule has 1 aliphatic heterocycles. The zero-order chi connectivity index (χ0) is 12.3. The lowest BCUT2D eigenvalue weighted by atomic mass is 9.92. The van der Waals surface area contributed by atoms with Crippen molar-refractivity contribution in [2.75, 3.05) is 0 Å². The van der Waals surface area contributed by atoms with Gasteiger partial charge in [-0.05, 0) is 33.1 Å². The molecule has 1 aliphatic rings. The Kier molecular flexibility index (Phi) is 4.58. The first-order chi connectivity index (χ1) is 7.36. The molecule has 1 heterocycles. The van der Waals surface area contributed by atoms with Crippen LogP contribution in [0.25, 0.3) is 0 Å². The number of aldehydes is 1. The average molecular weight is 262 g/mol. The summed E-state index contributed by atoms with van der Waals surface area (Å²) in [7, 11) is -1.06. The minimum absolute atomic E-state index is 0.0746. The zero-order valence-electron chi connectivity index (χ0n) is 9.94. The van der Waals surface area contributed by atoms with Crippen LogP contribution >= 0.6 is 11.8 Å². The summed E-state index contributed by atoms with van der Waals surface area (Å²) < 4.78 is 14.5. The number of nitrogens with one attached hydrogen (secondary N) is 2. The average Bonchev–Trinajstić information content (AvgIpc) is 2.66. The first kappa shape index (κ1) is 13.7. The monoisotopic (exact) mass is 262 g/mol. The van der Waals surface area contributed by atoms with Crippen molar-refractivity contribution >= 4 is 29.0 Å². The Bertz CT molecular complexity index is 327. The quantitative estimate of drug-likeness (QED) is 0.734. The fraction of sp³-hybridized carbons (Fsp3) is 0.700. The molecule has 0 aromatic heterocycles. The molecule has 1 rings (SSSR count). The highest BCUT2D eigenvalue weighted by Gasteiger charge is 2.29. The predicted molar refractivity (Wildman–Crippen MR) is 68.9 cm³/mol. The molecule has 0 saturated heterocycles. The minimum atomic E-state index is -1.06. The van der Waals surface area contributed by atoms with E-state index in [1.807, 2.05) is 33.1 Å². The van der Waals surface area contributed by atoms with E-state index in [9.17, 15) is 9.00 Å². The summed E-state index contributed by atoms with van der Waals surface area (Å²) in [6.07, 6.45) is 0.911. The number of allylic oxidation sites excluding steroid dienone is 1. The molecule has 0 aliphatic carbocycles. The van der Waals surface area contributed by atoms with Gasteiger partial charge in [0, 0.05) is 10.9 Å². The molecule has 0 bridgehead atoms. The lowest BCUT2D eigenvalue weighted by Gasteiger charge is -2.22. The van der Waals surface area contributed by atoms with Gasteiger partial charge in [-0.3, -0.25) is 0 Å². The van der Waals surface area contributed by atoms with Gasteiger partial charge in [0.05, 0.1) is 16.4 Å². The summed E-state index contributed by atoms with van der Waals surface area (Å²) in [5.74, 6) is 0. The summed E-state index contributed by atoms with van der Waals surface area (Å²) in [5, 5.41) is 5.14. The standard InChI is InChI=1S/C10H18N2O2S2/c1-7(2)16(14)12-9-11-8(5-15-9)10(3,4)6-13/h5-7,9,11-12H,1-4H3. The van der Waals surface area contributed by atoms with Crippen LogP contribution in [-0.4, -0.2) is 21.2 Å². The van der Waals surface area contributed by atoms with Crippen LogP contribution in [0.15, 0.2) is 11.1 Å². The fourth-order valence-corrected chi connectivity index (χ4v) is 2.93. The maximum atomic E-state index is 11.6. The highest BCUT2D eigenvalue weighted by molar-refractivity contribution is 8.03. The molecule has 0 aromatic rings. The van der Waals surface area contributed by atoms with E-state index in [1.54, 1.807) is 0 Å². The number of carbonyl (C=O) groups is 1. The molecular formula is C10H18N2O2S2. The van der Waals surface area contributed by atoms with E-state index in [0.717, 1.165) is 12.0 Å². The van der Waals surface area contributed by atoms with Crippen molar-refractivity contribution in [3.8, 4) is 0 Å². The second-order valence-electron chi connectivity index (χ2n) is 4.50. The summed E-state index contributed by atoms with van der Waals surface area (Å²) in [4.78, 5) is 10.9. The molecule has 6 heteroatoms. The van der Waals surface area contributed by atoms with Crippen LogP contribution in [0.4, 0.5) is 0 Å². The molecule has 2 unspecified atom stereocenters. The maximum Gasteiger partial charge on any atom is 0.140 e. The SMILES string of the molecule is CC(C)S(=O)NC1NC(C(C)(C)C=O)=CS1. The van der Waals surface area contributed by atoms with Gasteiger partial charge in [-0.2, -0.15) is 0 Å². The fourth-order valence-electron chi connectivity index (χ4n) is 1.05. The van der Waals surface area contributed by atoms with Crippen LogP contribution < -0.4 is 10.0 Å². The van der Waals surface area contributed by atoms with E-state index in [-0.39, 0.29) is 10.7 Å². The topological polar surface area (TPSA) is 58.2 Å². The van der Waals surface area contributed by atoms with Crippen LogP contribution in [0.2, 0.25) is 0 Å². The van der Waals surface area contributed by atoms with Gasteiger partial charge in [-0.1, -0.05) is 11.8 Å². The summed E-state index contributed by atoms with van der Waals surface area (Å²) in [6, 6.07) is 0. The Morgan fingerprint density at radius 1 is 1.62 bits per heavy atom. The Balaban J connectivity index is 2.51. The number of carbonyl (C=O) groups excluding carboxylic acids is 1. The zero-order valence-corrected chi connectivity index (χ0v) is 11.6. The summed E-state index contributed by atoms with van der Waals surface area (Å²) in [5.41, 5.74) is 0.242. The molecular weight excluding hydrogens is 244 g/mol. The van der Waals surface area contributed by atoms with E-state index in [4.69, 9.17) is 0 Å². The Morgan fingerprint density at radius 2 is 2.25 bits per heavy atom. The third-order valence-corrected chi connectivity index (χ3v) is 4.60. The molecule has 4 nitrogen and oxygen atoms in total. The van der Waals surface area contributed by atoms with Gasteiger partial charge in [-0.15, -0.1) is 0 Å². The van der Waals surface area contributed by atoms with Crippen molar-refractivity contribution < 1.29 is 9.00 Å². The normalized spacial score (nSPS) is 22.8. The second-order valence-corrected chi connectivity index (χ2v) is 7.25. The van der Waals surface area contributed by atoms with Gasteiger partial charge in [-0.25, -0.2) is 8.93 Å². The van der Waals surface area contributed by atoms with E-state index in [1.165, 1.54) is 11.8 Å². The van der Waals surface area contributed by atoms with Gasteiger partial charge in [0.15, 0.2) is 0 Å². The molecule has 2 atom stereocenters. The summed E-state index contributed by atoms with van der Waals surface area (Å²) in [6.45, 7) is 7.49. The van der Waals surface area contributed by atoms with Gasteiger partial charge in [0.1, 0.15) is 11.8 Å². The molecule has 0 aromatic carbocycles. The molecule has 0 amide bonds. The van der Waals surface area contributed by atoms with Gasteiger partial charge >= 0.3 is 0 Å². The maximum absolute atomic E-state index is 11.6. The molecule has 0 saturated carbocycles. The van der Waals surface area contributed by atoms with Crippen LogP contribution in [0.1, 0.15) is 27.7 Å². The summed E-state index contributed by atoms with van der Waals surface area (Å²) >= 11 is 1.50. The van der Waals surface area contributed by atoms with Crippen molar-refractivity contribution in [3.05, 3.63) is 11.1 Å². The predicted octanol–water partition coefficient (Wildman–Crippen LogP) is 1.33. The molecule has 0 fully saturated rings. The van der Waals surface area contributed by atoms with Crippen molar-refractivity contribution in [3.63, 3.8) is 0 Å². The molecule has 16 heavy (non-hydrogen) atoms. The lowest BCUT2D eigenvalue weighted by Crippen LogP contribution is -2.41. The van der Waals surface area contributed by atoms with Crippen LogP contribution in [-0.2, 0) is 15.8 Å². The first-order valence-corrected chi connectivity index (χ1v) is 7.28. The van der Waals surface area contributed by atoms with Crippen molar-refractivity contribution in [2.24, 2.45) is 5.41 Å². The van der Waals surface area contributed by atoms with E-state index >= 15 is 0 Å². The molecule has 0 radical (unpaired) electrons. The first-order valence-electron chi connectivity index (χ1n) is 5.12. The number of rotatable bonds is 5. The van der Waals surface area contributed by atoms with Gasteiger partial charge in [0.2, 0.25) is 0 Å². The van der Waals surface area contributed by atoms with Gasteiger partial charge < -0.3 is 10.1 Å². The molecule has 0 spiro atoms. The third kappa shape index (κ3) is 3.33. The van der Waals surface area contributed by atoms with E-state index < -0.39 is 16.4 Å². The number of hydrogen-bond donors (Lipinski definition) is 2. The van der Waals surface area contributed by atoms with E-state index in [0.29, 0.717) is 0 Å². The lowest BCUT2D eigenvalue weighted by molar-refractivity contribution is -0.113. The largest absolute Gasteiger partial charge is 0.363 e. The Morgan fingerprint density at radius 3 is 2.75 bits per heavy atom. The number of thioether (sulfide) groups is 1. The van der Waals surface area contributed by atoms with Crippen molar-refractivity contribution in [1.82, 2.24) is 10.0 Å². The van der Waals surface area contributed by atoms with Gasteiger partial charge in [0.25, 0.3) is 0 Å². The van der Waals surface area contributed by atoms with Crippen LogP contribution in [0.3, 0.4) is 0 Å². The highest BCUT2D eigenvalue weighted by atomic mass is 32.2. The molecule has 92 valence electrons. The highest BCUT2D eigenvalue weighted by Crippen LogP contribution is 2.30. The Labute approximate surface area is 103 Å². The van der Waals surface area contributed by atoms with Crippen LogP contribution in [0.5, 0.6) is 0 Å². The molecule has 2 N–H and O–H groups in total. The van der Waals surface area contributed by atoms with Crippen molar-refractivity contribution in [2.45, 2.75) is 38.4 Å². The minimum Gasteiger partial charge on any atom is -0.363 e. The van der Waals surface area contributed by atoms with Crippen molar-refractivity contribution in [1.29, 1.82) is 0 Å².